The lowest BCUT2D eigenvalue weighted by Crippen LogP contribution is -2.53. The third-order valence-corrected chi connectivity index (χ3v) is 3.16. The van der Waals surface area contributed by atoms with Gasteiger partial charge in [-0.3, -0.25) is 4.79 Å². The second-order valence-corrected chi connectivity index (χ2v) is 5.03. The van der Waals surface area contributed by atoms with Crippen LogP contribution in [-0.2, 0) is 11.0 Å². The van der Waals surface area contributed by atoms with Gasteiger partial charge in [0.05, 0.1) is 16.9 Å². The molecule has 6 heteroatoms. The number of carbonyl (C=O) groups is 1. The minimum absolute atomic E-state index is 0.234. The summed E-state index contributed by atoms with van der Waals surface area (Å²) in [6, 6.07) is 3.40. The second kappa shape index (κ2) is 4.15. The van der Waals surface area contributed by atoms with E-state index in [4.69, 9.17) is 0 Å². The van der Waals surface area contributed by atoms with E-state index < -0.39 is 17.3 Å². The highest BCUT2D eigenvalue weighted by Gasteiger charge is 2.39. The number of nitrogens with one attached hydrogen (secondary N) is 1. The van der Waals surface area contributed by atoms with Crippen molar-refractivity contribution in [3.05, 3.63) is 23.8 Å². The fourth-order valence-corrected chi connectivity index (χ4v) is 2.19. The zero-order chi connectivity index (χ0) is 14.4. The number of hydrogen-bond acceptors (Lipinski definition) is 2. The number of likely N-dealkylation sites (N-methyl/N-ethyl adjacent to an activating group) is 1. The highest BCUT2D eigenvalue weighted by Crippen LogP contribution is 2.39. The number of carbonyl (C=O) groups excluding carboxylic acids is 1. The van der Waals surface area contributed by atoms with Crippen LogP contribution < -0.4 is 10.2 Å². The summed E-state index contributed by atoms with van der Waals surface area (Å²) in [6.45, 7) is 5.48. The summed E-state index contributed by atoms with van der Waals surface area (Å²) in [4.78, 5) is 13.6. The predicted octanol–water partition coefficient (Wildman–Crippen LogP) is 3.26. The van der Waals surface area contributed by atoms with Crippen LogP contribution >= 0.6 is 0 Å². The van der Waals surface area contributed by atoms with Crippen molar-refractivity contribution in [2.45, 2.75) is 32.5 Å². The predicted molar refractivity (Wildman–Crippen MR) is 67.2 cm³/mol. The number of hydrogen-bond donors (Lipinski definition) is 1. The van der Waals surface area contributed by atoms with Crippen molar-refractivity contribution in [1.29, 1.82) is 0 Å². The van der Waals surface area contributed by atoms with Crippen LogP contribution in [0.25, 0.3) is 0 Å². The molecule has 0 spiro atoms. The third kappa shape index (κ3) is 2.27. The molecule has 0 aliphatic carbocycles. The highest BCUT2D eigenvalue weighted by atomic mass is 19.4. The van der Waals surface area contributed by atoms with Crippen molar-refractivity contribution in [3.8, 4) is 0 Å². The largest absolute Gasteiger partial charge is 0.416 e. The van der Waals surface area contributed by atoms with Gasteiger partial charge in [0.2, 0.25) is 0 Å². The van der Waals surface area contributed by atoms with Gasteiger partial charge in [0, 0.05) is 6.54 Å². The zero-order valence-electron chi connectivity index (χ0n) is 10.9. The summed E-state index contributed by atoms with van der Waals surface area (Å²) in [5.41, 5.74) is -0.747. The van der Waals surface area contributed by atoms with Gasteiger partial charge in [0.15, 0.2) is 0 Å². The Hall–Kier alpha value is -1.72. The Morgan fingerprint density at radius 3 is 2.47 bits per heavy atom. The molecule has 0 bridgehead atoms. The van der Waals surface area contributed by atoms with Crippen molar-refractivity contribution >= 4 is 17.3 Å². The van der Waals surface area contributed by atoms with E-state index in [0.717, 1.165) is 12.1 Å². The lowest BCUT2D eigenvalue weighted by molar-refractivity contribution is -0.137. The molecule has 104 valence electrons. The summed E-state index contributed by atoms with van der Waals surface area (Å²) in [5.74, 6) is -0.234. The fraction of sp³-hybridized carbons (Fsp3) is 0.462. The van der Waals surface area contributed by atoms with Gasteiger partial charge in [0.1, 0.15) is 5.54 Å². The topological polar surface area (TPSA) is 32.3 Å². The number of benzene rings is 1. The molecular weight excluding hydrogens is 257 g/mol. The molecule has 3 nitrogen and oxygen atoms in total. The Morgan fingerprint density at radius 1 is 1.32 bits per heavy atom. The first-order valence-electron chi connectivity index (χ1n) is 5.98. The minimum atomic E-state index is -4.41. The van der Waals surface area contributed by atoms with Crippen LogP contribution in [-0.4, -0.2) is 18.0 Å². The third-order valence-electron chi connectivity index (χ3n) is 3.16. The summed E-state index contributed by atoms with van der Waals surface area (Å²) in [6.07, 6.45) is -4.41. The Balaban J connectivity index is 2.56. The molecule has 0 radical (unpaired) electrons. The normalized spacial score (nSPS) is 18.0. The Bertz CT molecular complexity index is 523. The van der Waals surface area contributed by atoms with Crippen LogP contribution in [0.3, 0.4) is 0 Å². The fourth-order valence-electron chi connectivity index (χ4n) is 2.19. The molecule has 1 aromatic carbocycles. The zero-order valence-corrected chi connectivity index (χ0v) is 10.9. The molecule has 19 heavy (non-hydrogen) atoms. The van der Waals surface area contributed by atoms with Gasteiger partial charge in [-0.05, 0) is 39.0 Å². The van der Waals surface area contributed by atoms with Crippen molar-refractivity contribution in [1.82, 2.24) is 0 Å². The van der Waals surface area contributed by atoms with Gasteiger partial charge < -0.3 is 10.2 Å². The van der Waals surface area contributed by atoms with Crippen LogP contribution in [0.15, 0.2) is 18.2 Å². The van der Waals surface area contributed by atoms with Gasteiger partial charge in [-0.1, -0.05) is 0 Å². The van der Waals surface area contributed by atoms with Crippen LogP contribution in [0.5, 0.6) is 0 Å². The van der Waals surface area contributed by atoms with Crippen LogP contribution in [0.1, 0.15) is 26.3 Å². The Morgan fingerprint density at radius 2 is 1.95 bits per heavy atom. The second-order valence-electron chi connectivity index (χ2n) is 5.03. The van der Waals surface area contributed by atoms with Crippen molar-refractivity contribution in [2.24, 2.45) is 0 Å². The van der Waals surface area contributed by atoms with E-state index in [1.165, 1.54) is 11.0 Å². The smallest absolute Gasteiger partial charge is 0.370 e. The average molecular weight is 272 g/mol. The van der Waals surface area contributed by atoms with E-state index in [9.17, 15) is 18.0 Å². The molecule has 0 unspecified atom stereocenters. The average Bonchev–Trinajstić information content (AvgIpc) is 2.28. The summed E-state index contributed by atoms with van der Waals surface area (Å²) >= 11 is 0. The standard InChI is InChI=1S/C13H15F3N2O/c1-4-18-10-7-8(13(14,15)16)5-6-9(10)17-12(2,3)11(18)19/h5-7,17H,4H2,1-3H3. The molecule has 0 saturated carbocycles. The number of nitrogens with zero attached hydrogens (tertiary/aromatic N) is 1. The van der Waals surface area contributed by atoms with E-state index in [2.05, 4.69) is 5.32 Å². The highest BCUT2D eigenvalue weighted by molar-refractivity contribution is 6.07. The monoisotopic (exact) mass is 272 g/mol. The van der Waals surface area contributed by atoms with E-state index in [-0.39, 0.29) is 11.6 Å². The Labute approximate surface area is 109 Å². The molecule has 0 fully saturated rings. The maximum absolute atomic E-state index is 12.7. The summed E-state index contributed by atoms with van der Waals surface area (Å²) < 4.78 is 38.1. The quantitative estimate of drug-likeness (QED) is 0.851. The van der Waals surface area contributed by atoms with Crippen molar-refractivity contribution < 1.29 is 18.0 Å². The summed E-state index contributed by atoms with van der Waals surface area (Å²) in [5, 5.41) is 2.97. The molecule has 1 aliphatic heterocycles. The lowest BCUT2D eigenvalue weighted by Gasteiger charge is -2.39. The van der Waals surface area contributed by atoms with E-state index >= 15 is 0 Å². The van der Waals surface area contributed by atoms with Gasteiger partial charge in [-0.25, -0.2) is 0 Å². The molecule has 1 amide bonds. The maximum atomic E-state index is 12.7. The maximum Gasteiger partial charge on any atom is 0.416 e. The first-order chi connectivity index (χ1) is 8.66. The Kier molecular flexibility index (Phi) is 2.99. The molecule has 2 rings (SSSR count). The first kappa shape index (κ1) is 13.7. The van der Waals surface area contributed by atoms with E-state index in [1.54, 1.807) is 20.8 Å². The number of amides is 1. The van der Waals surface area contributed by atoms with Gasteiger partial charge >= 0.3 is 6.18 Å². The summed E-state index contributed by atoms with van der Waals surface area (Å²) in [7, 11) is 0. The van der Waals surface area contributed by atoms with Crippen LogP contribution in [0.4, 0.5) is 24.5 Å². The molecule has 0 aromatic heterocycles. The molecule has 1 aromatic rings. The molecule has 1 heterocycles. The number of alkyl halides is 3. The molecule has 1 N–H and O–H groups in total. The van der Waals surface area contributed by atoms with E-state index in [1.807, 2.05) is 0 Å². The minimum Gasteiger partial charge on any atom is -0.370 e. The first-order valence-corrected chi connectivity index (χ1v) is 5.98. The van der Waals surface area contributed by atoms with Crippen molar-refractivity contribution in [2.75, 3.05) is 16.8 Å². The number of fused-ring (bicyclic) bond motifs is 1. The van der Waals surface area contributed by atoms with Crippen molar-refractivity contribution in [3.63, 3.8) is 0 Å². The lowest BCUT2D eigenvalue weighted by atomic mass is 9.97. The van der Waals surface area contributed by atoms with Gasteiger partial charge in [-0.2, -0.15) is 13.2 Å². The van der Waals surface area contributed by atoms with Gasteiger partial charge in [0.25, 0.3) is 5.91 Å². The van der Waals surface area contributed by atoms with Crippen LogP contribution in [0.2, 0.25) is 0 Å². The number of halogens is 3. The van der Waals surface area contributed by atoms with Gasteiger partial charge in [-0.15, -0.1) is 0 Å². The van der Waals surface area contributed by atoms with Crippen LogP contribution in [0, 0.1) is 0 Å². The molecule has 0 saturated heterocycles. The molecule has 1 aliphatic rings. The number of rotatable bonds is 1. The number of anilines is 2. The SMILES string of the molecule is CCN1C(=O)C(C)(C)Nc2ccc(C(F)(F)F)cc21. The molecular formula is C13H15F3N2O. The van der Waals surface area contributed by atoms with E-state index in [0.29, 0.717) is 12.2 Å². The molecule has 0 atom stereocenters.